The maximum atomic E-state index is 12.5. The summed E-state index contributed by atoms with van der Waals surface area (Å²) in [7, 11) is 0. The predicted molar refractivity (Wildman–Crippen MR) is 106 cm³/mol. The van der Waals surface area contributed by atoms with Crippen molar-refractivity contribution < 1.29 is 27.5 Å². The predicted octanol–water partition coefficient (Wildman–Crippen LogP) is 4.27. The van der Waals surface area contributed by atoms with Gasteiger partial charge in [-0.1, -0.05) is 18.2 Å². The Hall–Kier alpha value is -3.40. The summed E-state index contributed by atoms with van der Waals surface area (Å²) in [5, 5.41) is 7.10. The number of hydrogen-bond acceptors (Lipinski definition) is 5. The molecular weight excluding hydrogens is 419 g/mol. The Morgan fingerprint density at radius 1 is 1.07 bits per heavy atom. The lowest BCUT2D eigenvalue weighted by Crippen LogP contribution is -2.24. The van der Waals surface area contributed by atoms with Gasteiger partial charge in [-0.3, -0.25) is 9.59 Å². The average Bonchev–Trinajstić information content (AvgIpc) is 3.26. The number of ether oxygens (including phenoxy) is 1. The van der Waals surface area contributed by atoms with Crippen molar-refractivity contribution >= 4 is 28.8 Å². The molecule has 3 rings (SSSR count). The third-order valence-corrected chi connectivity index (χ3v) is 4.66. The molecule has 0 saturated heterocycles. The molecule has 0 aliphatic carbocycles. The van der Waals surface area contributed by atoms with Crippen LogP contribution >= 0.6 is 11.3 Å². The van der Waals surface area contributed by atoms with Crippen LogP contribution in [0.4, 0.5) is 18.9 Å². The topological polar surface area (TPSA) is 80.3 Å². The number of carbonyl (C=O) groups excluding carboxylic acids is 2. The monoisotopic (exact) mass is 435 g/mol. The summed E-state index contributed by atoms with van der Waals surface area (Å²) < 4.78 is 41.8. The second kappa shape index (κ2) is 9.40. The van der Waals surface area contributed by atoms with Crippen molar-refractivity contribution in [3.63, 3.8) is 0 Å². The molecule has 30 heavy (non-hydrogen) atoms. The first-order chi connectivity index (χ1) is 14.3. The minimum atomic E-state index is -4.49. The molecule has 0 spiro atoms. The number of benzene rings is 1. The van der Waals surface area contributed by atoms with Crippen LogP contribution < -0.4 is 15.4 Å². The van der Waals surface area contributed by atoms with Gasteiger partial charge in [0.1, 0.15) is 0 Å². The van der Waals surface area contributed by atoms with E-state index in [0.29, 0.717) is 16.1 Å². The molecule has 0 radical (unpaired) electrons. The highest BCUT2D eigenvalue weighted by Crippen LogP contribution is 2.20. The standard InChI is InChI=1S/C20H16F3N3O3S/c21-20(22,23)12-29-19-14(5-2-8-24-19)11-25-17(27)13-4-1-6-15(10-13)26-18(28)16-7-3-9-30-16/h1-10H,11-12H2,(H,25,27)(H,26,28). The molecule has 3 aromatic rings. The number of hydrogen-bond donors (Lipinski definition) is 2. The van der Waals surface area contributed by atoms with Crippen molar-refractivity contribution in [2.24, 2.45) is 0 Å². The Morgan fingerprint density at radius 3 is 2.63 bits per heavy atom. The fraction of sp³-hybridized carbons (Fsp3) is 0.150. The summed E-state index contributed by atoms with van der Waals surface area (Å²) in [6.45, 7) is -1.55. The molecule has 2 amide bonds. The lowest BCUT2D eigenvalue weighted by Gasteiger charge is -2.12. The van der Waals surface area contributed by atoms with Crippen molar-refractivity contribution in [1.29, 1.82) is 0 Å². The molecule has 0 unspecified atom stereocenters. The molecule has 2 heterocycles. The van der Waals surface area contributed by atoms with Crippen molar-refractivity contribution in [3.05, 3.63) is 76.1 Å². The summed E-state index contributed by atoms with van der Waals surface area (Å²) in [6.07, 6.45) is -3.19. The number of nitrogens with zero attached hydrogens (tertiary/aromatic N) is 1. The van der Waals surface area contributed by atoms with Crippen molar-refractivity contribution in [2.45, 2.75) is 12.7 Å². The van der Waals surface area contributed by atoms with Crippen LogP contribution in [0.15, 0.2) is 60.1 Å². The van der Waals surface area contributed by atoms with Gasteiger partial charge in [0.05, 0.1) is 4.88 Å². The van der Waals surface area contributed by atoms with Crippen LogP contribution in [0.1, 0.15) is 25.6 Å². The first-order valence-electron chi connectivity index (χ1n) is 8.68. The number of amides is 2. The SMILES string of the molecule is O=C(NCc1cccnc1OCC(F)(F)F)c1cccc(NC(=O)c2cccs2)c1. The molecule has 156 valence electrons. The molecule has 10 heteroatoms. The first-order valence-corrected chi connectivity index (χ1v) is 9.56. The fourth-order valence-corrected chi connectivity index (χ4v) is 3.07. The Bertz CT molecular complexity index is 1020. The molecule has 0 atom stereocenters. The number of pyridine rings is 1. The van der Waals surface area contributed by atoms with E-state index in [-0.39, 0.29) is 23.9 Å². The van der Waals surface area contributed by atoms with Crippen molar-refractivity contribution in [1.82, 2.24) is 10.3 Å². The summed E-state index contributed by atoms with van der Waals surface area (Å²) in [4.78, 5) is 28.9. The van der Waals surface area contributed by atoms with Gasteiger partial charge < -0.3 is 15.4 Å². The van der Waals surface area contributed by atoms with Gasteiger partial charge in [0, 0.05) is 29.6 Å². The summed E-state index contributed by atoms with van der Waals surface area (Å²) in [6, 6.07) is 12.8. The van der Waals surface area contributed by atoms with E-state index < -0.39 is 18.7 Å². The van der Waals surface area contributed by atoms with E-state index in [1.807, 2.05) is 0 Å². The van der Waals surface area contributed by atoms with E-state index in [9.17, 15) is 22.8 Å². The summed E-state index contributed by atoms with van der Waals surface area (Å²) in [5.41, 5.74) is 1.02. The number of nitrogens with one attached hydrogen (secondary N) is 2. The molecule has 0 aliphatic heterocycles. The van der Waals surface area contributed by atoms with E-state index in [1.165, 1.54) is 35.7 Å². The number of halogens is 3. The Morgan fingerprint density at radius 2 is 1.90 bits per heavy atom. The molecule has 2 N–H and O–H groups in total. The highest BCUT2D eigenvalue weighted by molar-refractivity contribution is 7.12. The highest BCUT2D eigenvalue weighted by atomic mass is 32.1. The maximum Gasteiger partial charge on any atom is 0.422 e. The van der Waals surface area contributed by atoms with Crippen LogP contribution in [0.25, 0.3) is 0 Å². The number of rotatable bonds is 7. The Kier molecular flexibility index (Phi) is 6.68. The highest BCUT2D eigenvalue weighted by Gasteiger charge is 2.29. The lowest BCUT2D eigenvalue weighted by molar-refractivity contribution is -0.154. The number of thiophene rings is 1. The number of carbonyl (C=O) groups is 2. The second-order valence-electron chi connectivity index (χ2n) is 6.07. The fourth-order valence-electron chi connectivity index (χ4n) is 2.46. The average molecular weight is 435 g/mol. The van der Waals surface area contributed by atoms with Gasteiger partial charge in [-0.2, -0.15) is 13.2 Å². The zero-order valence-corrected chi connectivity index (χ0v) is 16.2. The number of aromatic nitrogens is 1. The van der Waals surface area contributed by atoms with E-state index in [1.54, 1.807) is 35.7 Å². The van der Waals surface area contributed by atoms with E-state index >= 15 is 0 Å². The van der Waals surface area contributed by atoms with E-state index in [0.717, 1.165) is 0 Å². The van der Waals surface area contributed by atoms with Crippen molar-refractivity contribution in [3.8, 4) is 5.88 Å². The second-order valence-corrected chi connectivity index (χ2v) is 7.01. The summed E-state index contributed by atoms with van der Waals surface area (Å²) in [5.74, 6) is -0.954. The van der Waals surface area contributed by atoms with Gasteiger partial charge in [-0.05, 0) is 35.7 Å². The quantitative estimate of drug-likeness (QED) is 0.581. The van der Waals surface area contributed by atoms with Crippen LogP contribution in [-0.2, 0) is 6.54 Å². The molecule has 0 aliphatic rings. The molecule has 6 nitrogen and oxygen atoms in total. The Labute approximate surface area is 173 Å². The molecule has 1 aromatic carbocycles. The molecule has 0 fully saturated rings. The summed E-state index contributed by atoms with van der Waals surface area (Å²) >= 11 is 1.29. The first kappa shape index (κ1) is 21.3. The minimum Gasteiger partial charge on any atom is -0.468 e. The number of alkyl halides is 3. The number of anilines is 1. The van der Waals surface area contributed by atoms with Crippen LogP contribution in [-0.4, -0.2) is 29.6 Å². The third kappa shape index (κ3) is 6.05. The largest absolute Gasteiger partial charge is 0.468 e. The Balaban J connectivity index is 1.62. The van der Waals surface area contributed by atoms with Crippen molar-refractivity contribution in [2.75, 3.05) is 11.9 Å². The van der Waals surface area contributed by atoms with Crippen LogP contribution in [0, 0.1) is 0 Å². The zero-order valence-electron chi connectivity index (χ0n) is 15.4. The lowest BCUT2D eigenvalue weighted by atomic mass is 10.1. The van der Waals surface area contributed by atoms with Gasteiger partial charge >= 0.3 is 6.18 Å². The third-order valence-electron chi connectivity index (χ3n) is 3.79. The molecule has 2 aromatic heterocycles. The smallest absolute Gasteiger partial charge is 0.422 e. The van der Waals surface area contributed by atoms with Crippen LogP contribution in [0.5, 0.6) is 5.88 Å². The van der Waals surface area contributed by atoms with E-state index in [2.05, 4.69) is 15.6 Å². The minimum absolute atomic E-state index is 0.0777. The normalized spacial score (nSPS) is 11.0. The van der Waals surface area contributed by atoms with Crippen LogP contribution in [0.2, 0.25) is 0 Å². The van der Waals surface area contributed by atoms with Gasteiger partial charge in [0.25, 0.3) is 11.8 Å². The maximum absolute atomic E-state index is 12.5. The van der Waals surface area contributed by atoms with Crippen LogP contribution in [0.3, 0.4) is 0 Å². The molecule has 0 saturated carbocycles. The van der Waals surface area contributed by atoms with Gasteiger partial charge in [-0.25, -0.2) is 4.98 Å². The van der Waals surface area contributed by atoms with Gasteiger partial charge in [-0.15, -0.1) is 11.3 Å². The molecule has 0 bridgehead atoms. The van der Waals surface area contributed by atoms with E-state index in [4.69, 9.17) is 4.74 Å². The zero-order chi connectivity index (χ0) is 21.6. The van der Waals surface area contributed by atoms with Gasteiger partial charge in [0.2, 0.25) is 5.88 Å². The molecular formula is C20H16F3N3O3S. The van der Waals surface area contributed by atoms with Gasteiger partial charge in [0.15, 0.2) is 6.61 Å².